The van der Waals surface area contributed by atoms with Crippen molar-refractivity contribution in [1.29, 1.82) is 0 Å². The van der Waals surface area contributed by atoms with Crippen LogP contribution in [0.15, 0.2) is 83.8 Å². The first kappa shape index (κ1) is 23.6. The zero-order chi connectivity index (χ0) is 22.8. The van der Waals surface area contributed by atoms with Gasteiger partial charge in [-0.05, 0) is 80.2 Å². The Morgan fingerprint density at radius 2 is 1.53 bits per heavy atom. The first-order valence-electron chi connectivity index (χ1n) is 10.5. The van der Waals surface area contributed by atoms with Crippen LogP contribution in [0.4, 0.5) is 17.1 Å². The van der Waals surface area contributed by atoms with Gasteiger partial charge in [-0.1, -0.05) is 31.2 Å². The number of thiocarbonyl (C=S) groups is 1. The van der Waals surface area contributed by atoms with Gasteiger partial charge in [0.05, 0.1) is 11.9 Å². The van der Waals surface area contributed by atoms with Crippen LogP contribution in [0.2, 0.25) is 0 Å². The lowest BCUT2D eigenvalue weighted by Gasteiger charge is -2.16. The summed E-state index contributed by atoms with van der Waals surface area (Å²) in [6, 6.07) is 25.1. The SMILES string of the molecule is CCOc1ccc(NC(=O)C(CC)Sc2cccc(NC(=S)Nc3ccccc3)c2)cc1. The molecule has 3 aromatic carbocycles. The summed E-state index contributed by atoms with van der Waals surface area (Å²) in [5, 5.41) is 9.65. The Labute approximate surface area is 199 Å². The summed E-state index contributed by atoms with van der Waals surface area (Å²) < 4.78 is 5.45. The van der Waals surface area contributed by atoms with Crippen molar-refractivity contribution in [2.24, 2.45) is 0 Å². The number of amides is 1. The minimum Gasteiger partial charge on any atom is -0.494 e. The summed E-state index contributed by atoms with van der Waals surface area (Å²) in [4.78, 5) is 13.8. The van der Waals surface area contributed by atoms with E-state index in [0.29, 0.717) is 18.1 Å². The number of carbonyl (C=O) groups excluding carboxylic acids is 1. The molecule has 3 N–H and O–H groups in total. The van der Waals surface area contributed by atoms with E-state index in [1.807, 2.05) is 92.7 Å². The Morgan fingerprint density at radius 1 is 0.875 bits per heavy atom. The molecule has 0 saturated heterocycles. The van der Waals surface area contributed by atoms with E-state index >= 15 is 0 Å². The summed E-state index contributed by atoms with van der Waals surface area (Å²) >= 11 is 6.94. The van der Waals surface area contributed by atoms with Crippen molar-refractivity contribution in [1.82, 2.24) is 0 Å². The van der Waals surface area contributed by atoms with Crippen molar-refractivity contribution in [2.75, 3.05) is 22.6 Å². The topological polar surface area (TPSA) is 62.4 Å². The van der Waals surface area contributed by atoms with Crippen molar-refractivity contribution in [3.8, 4) is 5.75 Å². The lowest BCUT2D eigenvalue weighted by molar-refractivity contribution is -0.115. The minimum absolute atomic E-state index is 0.0266. The molecule has 1 unspecified atom stereocenters. The van der Waals surface area contributed by atoms with Gasteiger partial charge in [0.1, 0.15) is 5.75 Å². The Hall–Kier alpha value is -3.03. The third kappa shape index (κ3) is 7.28. The molecule has 0 spiro atoms. The van der Waals surface area contributed by atoms with Gasteiger partial charge in [0, 0.05) is 22.0 Å². The highest BCUT2D eigenvalue weighted by molar-refractivity contribution is 8.00. The molecule has 0 aliphatic carbocycles. The minimum atomic E-state index is -0.216. The van der Waals surface area contributed by atoms with Gasteiger partial charge >= 0.3 is 0 Å². The van der Waals surface area contributed by atoms with Crippen molar-refractivity contribution in [3.63, 3.8) is 0 Å². The first-order chi connectivity index (χ1) is 15.6. The molecule has 0 bridgehead atoms. The average Bonchev–Trinajstić information content (AvgIpc) is 2.79. The average molecular weight is 466 g/mol. The van der Waals surface area contributed by atoms with E-state index in [-0.39, 0.29) is 11.2 Å². The van der Waals surface area contributed by atoms with Crippen LogP contribution in [0, 0.1) is 0 Å². The van der Waals surface area contributed by atoms with E-state index in [9.17, 15) is 4.79 Å². The van der Waals surface area contributed by atoms with Crippen LogP contribution >= 0.6 is 24.0 Å². The fraction of sp³-hybridized carbons (Fsp3) is 0.200. The van der Waals surface area contributed by atoms with Crippen LogP contribution in [0.25, 0.3) is 0 Å². The lowest BCUT2D eigenvalue weighted by Crippen LogP contribution is -2.24. The number of ether oxygens (including phenoxy) is 1. The zero-order valence-corrected chi connectivity index (χ0v) is 19.8. The molecule has 32 heavy (non-hydrogen) atoms. The Balaban J connectivity index is 1.58. The van der Waals surface area contributed by atoms with E-state index in [2.05, 4.69) is 16.0 Å². The van der Waals surface area contributed by atoms with Gasteiger partial charge in [-0.15, -0.1) is 11.8 Å². The Morgan fingerprint density at radius 3 is 2.22 bits per heavy atom. The summed E-state index contributed by atoms with van der Waals surface area (Å²) in [7, 11) is 0. The fourth-order valence-corrected chi connectivity index (χ4v) is 4.22. The van der Waals surface area contributed by atoms with E-state index in [1.54, 1.807) is 0 Å². The molecule has 1 atom stereocenters. The highest BCUT2D eigenvalue weighted by Gasteiger charge is 2.18. The number of nitrogens with one attached hydrogen (secondary N) is 3. The molecule has 0 aromatic heterocycles. The van der Waals surface area contributed by atoms with E-state index in [4.69, 9.17) is 17.0 Å². The van der Waals surface area contributed by atoms with Crippen LogP contribution < -0.4 is 20.7 Å². The molecule has 3 aromatic rings. The van der Waals surface area contributed by atoms with Crippen molar-refractivity contribution >= 4 is 52.1 Å². The van der Waals surface area contributed by atoms with Crippen molar-refractivity contribution in [2.45, 2.75) is 30.4 Å². The fourth-order valence-electron chi connectivity index (χ4n) is 2.97. The van der Waals surface area contributed by atoms with Crippen LogP contribution in [-0.2, 0) is 4.79 Å². The molecule has 0 saturated carbocycles. The summed E-state index contributed by atoms with van der Waals surface area (Å²) in [6.45, 7) is 4.56. The van der Waals surface area contributed by atoms with Crippen molar-refractivity contribution in [3.05, 3.63) is 78.9 Å². The monoisotopic (exact) mass is 465 g/mol. The summed E-state index contributed by atoms with van der Waals surface area (Å²) in [5.41, 5.74) is 2.54. The van der Waals surface area contributed by atoms with Gasteiger partial charge in [-0.3, -0.25) is 4.79 Å². The lowest BCUT2D eigenvalue weighted by atomic mass is 10.2. The molecule has 0 aliphatic rings. The quantitative estimate of drug-likeness (QED) is 0.251. The molecular formula is C25H27N3O2S2. The highest BCUT2D eigenvalue weighted by atomic mass is 32.2. The summed E-state index contributed by atoms with van der Waals surface area (Å²) in [6.07, 6.45) is 0.708. The third-order valence-corrected chi connectivity index (χ3v) is 6.06. The smallest absolute Gasteiger partial charge is 0.237 e. The predicted octanol–water partition coefficient (Wildman–Crippen LogP) is 6.40. The molecule has 0 radical (unpaired) electrons. The summed E-state index contributed by atoms with van der Waals surface area (Å²) in [5.74, 6) is 0.761. The van der Waals surface area contributed by atoms with Crippen LogP contribution in [-0.4, -0.2) is 22.9 Å². The molecule has 0 heterocycles. The standard InChI is InChI=1S/C25H27N3O2S2/c1-3-23(24(29)26-19-13-15-21(16-14-19)30-4-2)32-22-12-8-11-20(17-22)28-25(31)27-18-9-6-5-7-10-18/h5-17,23H,3-4H2,1-2H3,(H,26,29)(H2,27,28,31). The normalized spacial score (nSPS) is 11.3. The Bertz CT molecular complexity index is 1030. The van der Waals surface area contributed by atoms with Gasteiger partial charge in [0.25, 0.3) is 0 Å². The molecule has 3 rings (SSSR count). The van der Waals surface area contributed by atoms with Gasteiger partial charge in [-0.25, -0.2) is 0 Å². The number of anilines is 3. The Kier molecular flexibility index (Phi) is 8.95. The largest absolute Gasteiger partial charge is 0.494 e. The van der Waals surface area contributed by atoms with E-state index in [1.165, 1.54) is 11.8 Å². The second kappa shape index (κ2) is 12.1. The number of carbonyl (C=O) groups is 1. The van der Waals surface area contributed by atoms with Crippen LogP contribution in [0.3, 0.4) is 0 Å². The second-order valence-corrected chi connectivity index (χ2v) is 8.62. The molecule has 1 amide bonds. The number of hydrogen-bond acceptors (Lipinski definition) is 4. The number of rotatable bonds is 9. The first-order valence-corrected chi connectivity index (χ1v) is 11.8. The van der Waals surface area contributed by atoms with E-state index in [0.717, 1.165) is 27.7 Å². The number of thioether (sulfide) groups is 1. The van der Waals surface area contributed by atoms with Gasteiger partial charge in [-0.2, -0.15) is 0 Å². The number of hydrogen-bond donors (Lipinski definition) is 3. The molecule has 166 valence electrons. The predicted molar refractivity (Wildman–Crippen MR) is 139 cm³/mol. The maximum absolute atomic E-state index is 12.8. The maximum atomic E-state index is 12.8. The second-order valence-electron chi connectivity index (χ2n) is 6.93. The van der Waals surface area contributed by atoms with Gasteiger partial charge in [0.2, 0.25) is 5.91 Å². The third-order valence-electron chi connectivity index (χ3n) is 4.50. The molecule has 0 fully saturated rings. The zero-order valence-electron chi connectivity index (χ0n) is 18.1. The highest BCUT2D eigenvalue weighted by Crippen LogP contribution is 2.29. The van der Waals surface area contributed by atoms with E-state index < -0.39 is 0 Å². The van der Waals surface area contributed by atoms with Crippen LogP contribution in [0.1, 0.15) is 20.3 Å². The molecule has 7 heteroatoms. The molecule has 5 nitrogen and oxygen atoms in total. The van der Waals surface area contributed by atoms with Crippen LogP contribution in [0.5, 0.6) is 5.75 Å². The number of para-hydroxylation sites is 1. The molecular weight excluding hydrogens is 438 g/mol. The molecule has 0 aliphatic heterocycles. The maximum Gasteiger partial charge on any atom is 0.237 e. The van der Waals surface area contributed by atoms with Gasteiger partial charge in [0.15, 0.2) is 5.11 Å². The van der Waals surface area contributed by atoms with Gasteiger partial charge < -0.3 is 20.7 Å². The number of benzene rings is 3. The van der Waals surface area contributed by atoms with Crippen molar-refractivity contribution < 1.29 is 9.53 Å².